The summed E-state index contributed by atoms with van der Waals surface area (Å²) in [5.41, 5.74) is 1.09. The Morgan fingerprint density at radius 1 is 1.14 bits per heavy atom. The van der Waals surface area contributed by atoms with E-state index >= 15 is 0 Å². The third kappa shape index (κ3) is 4.52. The Hall–Kier alpha value is -3.88. The molecule has 0 fully saturated rings. The largest absolute Gasteiger partial charge is 0.486 e. The van der Waals surface area contributed by atoms with Gasteiger partial charge >= 0.3 is 5.97 Å². The Bertz CT molecular complexity index is 988. The number of ether oxygens (including phenoxy) is 3. The van der Waals surface area contributed by atoms with Crippen LogP contribution in [0.25, 0.3) is 5.69 Å². The Morgan fingerprint density at radius 2 is 1.93 bits per heavy atom. The van der Waals surface area contributed by atoms with Gasteiger partial charge in [0.05, 0.1) is 17.8 Å². The highest BCUT2D eigenvalue weighted by molar-refractivity contribution is 5.91. The monoisotopic (exact) mass is 394 g/mol. The van der Waals surface area contributed by atoms with Gasteiger partial charge in [-0.2, -0.15) is 5.10 Å². The first kappa shape index (κ1) is 18.5. The zero-order chi connectivity index (χ0) is 20.1. The number of nitrogens with zero attached hydrogens (tertiary/aromatic N) is 3. The van der Waals surface area contributed by atoms with Crippen LogP contribution in [0.15, 0.2) is 61.2 Å². The van der Waals surface area contributed by atoms with Crippen molar-refractivity contribution in [2.45, 2.75) is 6.10 Å². The molecule has 0 saturated carbocycles. The number of carbonyl (C=O) groups is 2. The number of benzene rings is 2. The van der Waals surface area contributed by atoms with E-state index in [1.807, 2.05) is 18.2 Å². The molecule has 1 aliphatic rings. The van der Waals surface area contributed by atoms with E-state index in [4.69, 9.17) is 14.2 Å². The van der Waals surface area contributed by atoms with Gasteiger partial charge in [0.15, 0.2) is 18.1 Å². The van der Waals surface area contributed by atoms with Gasteiger partial charge in [-0.25, -0.2) is 14.5 Å². The number of nitrogens with one attached hydrogen (secondary N) is 1. The molecule has 1 amide bonds. The maximum atomic E-state index is 12.1. The summed E-state index contributed by atoms with van der Waals surface area (Å²) in [4.78, 5) is 27.9. The Morgan fingerprint density at radius 3 is 2.69 bits per heavy atom. The highest BCUT2D eigenvalue weighted by atomic mass is 16.6. The number of esters is 1. The minimum atomic E-state index is -0.587. The molecule has 9 nitrogen and oxygen atoms in total. The molecule has 2 aromatic carbocycles. The molecule has 1 aromatic heterocycles. The molecular weight excluding hydrogens is 376 g/mol. The van der Waals surface area contributed by atoms with Crippen molar-refractivity contribution in [3.63, 3.8) is 0 Å². The molecule has 0 saturated heterocycles. The summed E-state index contributed by atoms with van der Waals surface area (Å²) in [6.07, 6.45) is 2.66. The zero-order valence-electron chi connectivity index (χ0n) is 15.4. The predicted octanol–water partition coefficient (Wildman–Crippen LogP) is 1.38. The lowest BCUT2D eigenvalue weighted by Crippen LogP contribution is -2.42. The van der Waals surface area contributed by atoms with E-state index in [0.29, 0.717) is 23.7 Å². The minimum absolute atomic E-state index is 0.247. The van der Waals surface area contributed by atoms with E-state index in [2.05, 4.69) is 15.4 Å². The molecule has 1 N–H and O–H groups in total. The number of aromatic nitrogens is 3. The SMILES string of the molecule is O=C(COC(=O)c1ccc(-n2cncn2)cc1)NC[C@H]1COc2ccccc2O1. The molecule has 1 atom stereocenters. The number of fused-ring (bicyclic) bond motifs is 1. The second-order valence-electron chi connectivity index (χ2n) is 6.26. The molecule has 0 unspecified atom stereocenters. The lowest BCUT2D eigenvalue weighted by atomic mass is 10.2. The van der Waals surface area contributed by atoms with Crippen LogP contribution in [-0.4, -0.2) is 52.5 Å². The van der Waals surface area contributed by atoms with Crippen LogP contribution in [0.2, 0.25) is 0 Å². The van der Waals surface area contributed by atoms with Crippen molar-refractivity contribution >= 4 is 11.9 Å². The molecular formula is C20H18N4O5. The van der Waals surface area contributed by atoms with E-state index in [0.717, 1.165) is 5.69 Å². The van der Waals surface area contributed by atoms with Crippen LogP contribution in [-0.2, 0) is 9.53 Å². The Kier molecular flexibility index (Phi) is 5.37. The number of amides is 1. The number of para-hydroxylation sites is 2. The van der Waals surface area contributed by atoms with Crippen molar-refractivity contribution in [3.05, 3.63) is 66.7 Å². The maximum absolute atomic E-state index is 12.1. The first-order chi connectivity index (χ1) is 14.2. The average Bonchev–Trinajstić information content (AvgIpc) is 3.31. The van der Waals surface area contributed by atoms with Crippen molar-refractivity contribution in [2.75, 3.05) is 19.8 Å². The van der Waals surface area contributed by atoms with Crippen LogP contribution in [0.1, 0.15) is 10.4 Å². The van der Waals surface area contributed by atoms with Crippen LogP contribution in [0.3, 0.4) is 0 Å². The van der Waals surface area contributed by atoms with Gasteiger partial charge in [-0.1, -0.05) is 12.1 Å². The van der Waals surface area contributed by atoms with Gasteiger partial charge in [0, 0.05) is 0 Å². The van der Waals surface area contributed by atoms with E-state index in [1.54, 1.807) is 41.3 Å². The lowest BCUT2D eigenvalue weighted by Gasteiger charge is -2.26. The normalized spacial score (nSPS) is 14.8. The van der Waals surface area contributed by atoms with Gasteiger partial charge in [-0.3, -0.25) is 4.79 Å². The fourth-order valence-corrected chi connectivity index (χ4v) is 2.75. The molecule has 4 rings (SSSR count). The second-order valence-corrected chi connectivity index (χ2v) is 6.26. The number of hydrogen-bond donors (Lipinski definition) is 1. The first-order valence-corrected chi connectivity index (χ1v) is 8.96. The summed E-state index contributed by atoms with van der Waals surface area (Å²) >= 11 is 0. The Balaban J connectivity index is 1.22. The fraction of sp³-hybridized carbons (Fsp3) is 0.200. The van der Waals surface area contributed by atoms with Crippen molar-refractivity contribution < 1.29 is 23.8 Å². The van der Waals surface area contributed by atoms with Crippen molar-refractivity contribution in [3.8, 4) is 17.2 Å². The smallest absolute Gasteiger partial charge is 0.338 e. The topological polar surface area (TPSA) is 105 Å². The average molecular weight is 394 g/mol. The molecule has 2 heterocycles. The van der Waals surface area contributed by atoms with E-state index in [-0.39, 0.29) is 19.3 Å². The predicted molar refractivity (Wildman–Crippen MR) is 101 cm³/mol. The van der Waals surface area contributed by atoms with Gasteiger partial charge in [0.1, 0.15) is 25.4 Å². The molecule has 0 aliphatic carbocycles. The number of rotatable bonds is 6. The molecule has 0 bridgehead atoms. The quantitative estimate of drug-likeness (QED) is 0.630. The van der Waals surface area contributed by atoms with Gasteiger partial charge in [0.25, 0.3) is 5.91 Å². The summed E-state index contributed by atoms with van der Waals surface area (Å²) in [5, 5.41) is 6.69. The van der Waals surface area contributed by atoms with Gasteiger partial charge in [0.2, 0.25) is 0 Å². The molecule has 9 heteroatoms. The molecule has 3 aromatic rings. The Labute approximate surface area is 166 Å². The maximum Gasteiger partial charge on any atom is 0.338 e. The minimum Gasteiger partial charge on any atom is -0.486 e. The third-order valence-corrected chi connectivity index (χ3v) is 4.22. The van der Waals surface area contributed by atoms with Crippen LogP contribution in [0.4, 0.5) is 0 Å². The summed E-state index contributed by atoms with van der Waals surface area (Å²) in [5.74, 6) is 0.314. The van der Waals surface area contributed by atoms with Crippen molar-refractivity contribution in [1.29, 1.82) is 0 Å². The third-order valence-electron chi connectivity index (χ3n) is 4.22. The highest BCUT2D eigenvalue weighted by Gasteiger charge is 2.21. The second kappa shape index (κ2) is 8.42. The molecule has 0 spiro atoms. The van der Waals surface area contributed by atoms with E-state index < -0.39 is 11.9 Å². The standard InChI is InChI=1S/C20H18N4O5/c25-19(22-9-16-10-27-17-3-1-2-4-18(17)29-16)11-28-20(26)14-5-7-15(8-6-14)24-13-21-12-23-24/h1-8,12-13,16H,9-11H2,(H,22,25)/t16-/m0/s1. The summed E-state index contributed by atoms with van der Waals surface area (Å²) in [6, 6.07) is 14.0. The van der Waals surface area contributed by atoms with Crippen molar-refractivity contribution in [2.24, 2.45) is 0 Å². The fourth-order valence-electron chi connectivity index (χ4n) is 2.75. The van der Waals surface area contributed by atoms with Gasteiger partial charge < -0.3 is 19.5 Å². The lowest BCUT2D eigenvalue weighted by molar-refractivity contribution is -0.124. The van der Waals surface area contributed by atoms with Crippen LogP contribution < -0.4 is 14.8 Å². The summed E-state index contributed by atoms with van der Waals surface area (Å²) in [6.45, 7) is 0.195. The summed E-state index contributed by atoms with van der Waals surface area (Å²) < 4.78 is 18.0. The van der Waals surface area contributed by atoms with E-state index in [9.17, 15) is 9.59 Å². The first-order valence-electron chi connectivity index (χ1n) is 8.96. The van der Waals surface area contributed by atoms with Crippen LogP contribution in [0, 0.1) is 0 Å². The molecule has 0 radical (unpaired) electrons. The van der Waals surface area contributed by atoms with Gasteiger partial charge in [-0.15, -0.1) is 0 Å². The van der Waals surface area contributed by atoms with Crippen molar-refractivity contribution in [1.82, 2.24) is 20.1 Å². The molecule has 1 aliphatic heterocycles. The zero-order valence-corrected chi connectivity index (χ0v) is 15.4. The van der Waals surface area contributed by atoms with E-state index in [1.165, 1.54) is 6.33 Å². The van der Waals surface area contributed by atoms with Crippen LogP contribution >= 0.6 is 0 Å². The highest BCUT2D eigenvalue weighted by Crippen LogP contribution is 2.30. The number of carbonyl (C=O) groups excluding carboxylic acids is 2. The molecule has 29 heavy (non-hydrogen) atoms. The summed E-state index contributed by atoms with van der Waals surface area (Å²) in [7, 11) is 0. The molecule has 148 valence electrons. The number of hydrogen-bond acceptors (Lipinski definition) is 7. The van der Waals surface area contributed by atoms with Gasteiger partial charge in [-0.05, 0) is 36.4 Å². The van der Waals surface area contributed by atoms with Crippen LogP contribution in [0.5, 0.6) is 11.5 Å².